The van der Waals surface area contributed by atoms with E-state index in [0.29, 0.717) is 13.0 Å². The summed E-state index contributed by atoms with van der Waals surface area (Å²) in [5.41, 5.74) is 0. The molecule has 1 aliphatic heterocycles. The number of piperidine rings is 1. The minimum absolute atomic E-state index is 0.0205. The van der Waals surface area contributed by atoms with Gasteiger partial charge >= 0.3 is 11.8 Å². The van der Waals surface area contributed by atoms with Crippen molar-refractivity contribution in [2.45, 2.75) is 31.7 Å². The summed E-state index contributed by atoms with van der Waals surface area (Å²) in [6.45, 7) is 0.491. The van der Waals surface area contributed by atoms with Crippen LogP contribution < -0.4 is 5.32 Å². The molecule has 0 aliphatic carbocycles. The van der Waals surface area contributed by atoms with Crippen LogP contribution in [-0.2, 0) is 9.59 Å². The first-order valence-corrected chi connectivity index (χ1v) is 6.01. The normalized spacial score (nSPS) is 20.1. The number of rotatable bonds is 4. The molecule has 1 saturated heterocycles. The first kappa shape index (κ1) is 13.9. The Morgan fingerprint density at radius 2 is 2.00 bits per heavy atom. The third kappa shape index (κ3) is 3.98. The molecule has 3 N–H and O–H groups in total. The summed E-state index contributed by atoms with van der Waals surface area (Å²) >= 11 is 0. The van der Waals surface area contributed by atoms with Crippen molar-refractivity contribution in [3.05, 3.63) is 0 Å². The number of carbonyl (C=O) groups excluding carboxylic acids is 2. The van der Waals surface area contributed by atoms with Gasteiger partial charge in [-0.3, -0.25) is 9.59 Å². The fourth-order valence-corrected chi connectivity index (χ4v) is 2.09. The van der Waals surface area contributed by atoms with Gasteiger partial charge in [-0.1, -0.05) is 0 Å². The summed E-state index contributed by atoms with van der Waals surface area (Å²) in [5.74, 6) is -1.24. The van der Waals surface area contributed by atoms with E-state index in [9.17, 15) is 9.59 Å². The molecule has 1 atom stereocenters. The summed E-state index contributed by atoms with van der Waals surface area (Å²) < 4.78 is 0. The minimum atomic E-state index is -0.677. The molecular formula is C11H20N2O4. The monoisotopic (exact) mass is 244 g/mol. The van der Waals surface area contributed by atoms with Gasteiger partial charge in [-0.15, -0.1) is 0 Å². The van der Waals surface area contributed by atoms with Gasteiger partial charge in [-0.05, 0) is 25.7 Å². The summed E-state index contributed by atoms with van der Waals surface area (Å²) in [6, 6.07) is -0.0406. The van der Waals surface area contributed by atoms with Crippen LogP contribution in [0.2, 0.25) is 0 Å². The van der Waals surface area contributed by atoms with Gasteiger partial charge in [0, 0.05) is 25.7 Å². The van der Waals surface area contributed by atoms with Crippen LogP contribution in [0.5, 0.6) is 0 Å². The molecule has 6 nitrogen and oxygen atoms in total. The molecule has 1 heterocycles. The number of hydrogen-bond acceptors (Lipinski definition) is 4. The molecule has 1 fully saturated rings. The minimum Gasteiger partial charge on any atom is -0.396 e. The van der Waals surface area contributed by atoms with Crippen molar-refractivity contribution in [3.63, 3.8) is 0 Å². The Morgan fingerprint density at radius 1 is 1.24 bits per heavy atom. The van der Waals surface area contributed by atoms with Crippen molar-refractivity contribution < 1.29 is 19.8 Å². The number of nitrogens with one attached hydrogen (secondary N) is 1. The van der Waals surface area contributed by atoms with E-state index in [-0.39, 0.29) is 25.8 Å². The summed E-state index contributed by atoms with van der Waals surface area (Å²) in [7, 11) is 0. The Balaban J connectivity index is 2.54. The molecule has 0 saturated carbocycles. The summed E-state index contributed by atoms with van der Waals surface area (Å²) in [4.78, 5) is 24.8. The molecule has 0 aromatic heterocycles. The molecule has 6 heteroatoms. The zero-order valence-corrected chi connectivity index (χ0v) is 9.89. The molecule has 1 unspecified atom stereocenters. The van der Waals surface area contributed by atoms with Crippen LogP contribution in [-0.4, -0.2) is 59.3 Å². The lowest BCUT2D eigenvalue weighted by molar-refractivity contribution is -0.148. The van der Waals surface area contributed by atoms with Crippen molar-refractivity contribution in [2.24, 2.45) is 0 Å². The Kier molecular flexibility index (Phi) is 5.93. The van der Waals surface area contributed by atoms with Crippen molar-refractivity contribution >= 4 is 11.8 Å². The number of likely N-dealkylation sites (tertiary alicyclic amines) is 1. The first-order valence-electron chi connectivity index (χ1n) is 6.01. The van der Waals surface area contributed by atoms with Gasteiger partial charge in [0.05, 0.1) is 6.61 Å². The molecule has 0 aromatic rings. The highest BCUT2D eigenvalue weighted by Gasteiger charge is 2.29. The van der Waals surface area contributed by atoms with Crippen molar-refractivity contribution in [1.82, 2.24) is 10.2 Å². The summed E-state index contributed by atoms with van der Waals surface area (Å²) in [5, 5.41) is 19.8. The SMILES string of the molecule is O=C(NCCO)C(=O)N1CCCCC1CCO. The number of aliphatic hydroxyl groups is 2. The van der Waals surface area contributed by atoms with Gasteiger partial charge in [-0.2, -0.15) is 0 Å². The molecule has 1 rings (SSSR count). The predicted octanol–water partition coefficient (Wildman–Crippen LogP) is -1.14. The fraction of sp³-hybridized carbons (Fsp3) is 0.818. The van der Waals surface area contributed by atoms with Crippen LogP contribution in [0.3, 0.4) is 0 Å². The Labute approximate surface area is 101 Å². The highest BCUT2D eigenvalue weighted by molar-refractivity contribution is 6.35. The zero-order valence-electron chi connectivity index (χ0n) is 9.89. The molecule has 17 heavy (non-hydrogen) atoms. The molecule has 98 valence electrons. The highest BCUT2D eigenvalue weighted by Crippen LogP contribution is 2.19. The Hall–Kier alpha value is -1.14. The van der Waals surface area contributed by atoms with E-state index < -0.39 is 11.8 Å². The maximum Gasteiger partial charge on any atom is 0.312 e. The van der Waals surface area contributed by atoms with Gasteiger partial charge in [0.25, 0.3) is 0 Å². The number of hydrogen-bond donors (Lipinski definition) is 3. The van der Waals surface area contributed by atoms with Gasteiger partial charge in [0.15, 0.2) is 0 Å². The van der Waals surface area contributed by atoms with E-state index >= 15 is 0 Å². The number of amides is 2. The van der Waals surface area contributed by atoms with Crippen LogP contribution >= 0.6 is 0 Å². The van der Waals surface area contributed by atoms with E-state index in [4.69, 9.17) is 10.2 Å². The maximum absolute atomic E-state index is 11.8. The molecule has 0 aromatic carbocycles. The standard InChI is InChI=1S/C11H20N2O4/c14-7-4-9-3-1-2-6-13(9)11(17)10(16)12-5-8-15/h9,14-15H,1-8H2,(H,12,16). The van der Waals surface area contributed by atoms with Crippen molar-refractivity contribution in [1.29, 1.82) is 0 Å². The van der Waals surface area contributed by atoms with Crippen LogP contribution in [0.4, 0.5) is 0 Å². The molecule has 1 aliphatic rings. The predicted molar refractivity (Wildman–Crippen MR) is 61.2 cm³/mol. The van der Waals surface area contributed by atoms with Gasteiger partial charge in [0.2, 0.25) is 0 Å². The largest absolute Gasteiger partial charge is 0.396 e. The molecule has 2 amide bonds. The van der Waals surface area contributed by atoms with E-state index in [1.807, 2.05) is 0 Å². The lowest BCUT2D eigenvalue weighted by atomic mass is 9.99. The van der Waals surface area contributed by atoms with Crippen molar-refractivity contribution in [2.75, 3.05) is 26.3 Å². The molecular weight excluding hydrogens is 224 g/mol. The third-order valence-electron chi connectivity index (χ3n) is 2.94. The van der Waals surface area contributed by atoms with Gasteiger partial charge < -0.3 is 20.4 Å². The van der Waals surface area contributed by atoms with Gasteiger partial charge in [-0.25, -0.2) is 0 Å². The van der Waals surface area contributed by atoms with E-state index in [0.717, 1.165) is 19.3 Å². The van der Waals surface area contributed by atoms with Crippen LogP contribution in [0.15, 0.2) is 0 Å². The van der Waals surface area contributed by atoms with Crippen LogP contribution in [0.25, 0.3) is 0 Å². The molecule has 0 bridgehead atoms. The average Bonchev–Trinajstić information content (AvgIpc) is 2.36. The maximum atomic E-state index is 11.8. The fourth-order valence-electron chi connectivity index (χ4n) is 2.09. The highest BCUT2D eigenvalue weighted by atomic mass is 16.3. The topological polar surface area (TPSA) is 89.9 Å². The van der Waals surface area contributed by atoms with E-state index in [1.165, 1.54) is 4.90 Å². The summed E-state index contributed by atoms with van der Waals surface area (Å²) in [6.07, 6.45) is 3.26. The number of aliphatic hydroxyl groups excluding tert-OH is 2. The molecule has 0 spiro atoms. The second kappa shape index (κ2) is 7.24. The lowest BCUT2D eigenvalue weighted by Crippen LogP contribution is -2.50. The number of carbonyl (C=O) groups is 2. The van der Waals surface area contributed by atoms with Gasteiger partial charge in [0.1, 0.15) is 0 Å². The Morgan fingerprint density at radius 3 is 2.65 bits per heavy atom. The second-order valence-corrected chi connectivity index (χ2v) is 4.14. The smallest absolute Gasteiger partial charge is 0.312 e. The lowest BCUT2D eigenvalue weighted by Gasteiger charge is -2.34. The van der Waals surface area contributed by atoms with Crippen LogP contribution in [0, 0.1) is 0 Å². The third-order valence-corrected chi connectivity index (χ3v) is 2.94. The first-order chi connectivity index (χ1) is 8.20. The second-order valence-electron chi connectivity index (χ2n) is 4.14. The average molecular weight is 244 g/mol. The van der Waals surface area contributed by atoms with Crippen molar-refractivity contribution in [3.8, 4) is 0 Å². The quantitative estimate of drug-likeness (QED) is 0.545. The number of nitrogens with zero attached hydrogens (tertiary/aromatic N) is 1. The van der Waals surface area contributed by atoms with E-state index in [1.54, 1.807) is 0 Å². The van der Waals surface area contributed by atoms with Crippen LogP contribution in [0.1, 0.15) is 25.7 Å². The zero-order chi connectivity index (χ0) is 12.7. The van der Waals surface area contributed by atoms with E-state index in [2.05, 4.69) is 5.32 Å². The molecule has 0 radical (unpaired) electrons. The Bertz CT molecular complexity index is 268.